The van der Waals surface area contributed by atoms with E-state index in [0.717, 1.165) is 0 Å². The van der Waals surface area contributed by atoms with Crippen LogP contribution >= 0.6 is 0 Å². The summed E-state index contributed by atoms with van der Waals surface area (Å²) in [6.07, 6.45) is 1.41. The molecule has 0 fully saturated rings. The molecule has 0 aliphatic heterocycles. The Morgan fingerprint density at radius 2 is 1.65 bits per heavy atom. The lowest BCUT2D eigenvalue weighted by Crippen LogP contribution is -2.22. The van der Waals surface area contributed by atoms with Crippen molar-refractivity contribution >= 4 is 11.9 Å². The summed E-state index contributed by atoms with van der Waals surface area (Å²) in [7, 11) is 7.04. The fraction of sp³-hybridized carbons (Fsp3) is 0.333. The van der Waals surface area contributed by atoms with Gasteiger partial charge in [0.1, 0.15) is 0 Å². The van der Waals surface area contributed by atoms with Gasteiger partial charge in [0.15, 0.2) is 0 Å². The van der Waals surface area contributed by atoms with Crippen LogP contribution < -0.4 is 20.9 Å². The van der Waals surface area contributed by atoms with Gasteiger partial charge in [0.05, 0.1) is 11.3 Å². The lowest BCUT2D eigenvalue weighted by Gasteiger charge is -2.12. The minimum Gasteiger partial charge on any atom is -0.348 e. The van der Waals surface area contributed by atoms with Gasteiger partial charge in [0.2, 0.25) is 11.9 Å². The van der Waals surface area contributed by atoms with Crippen molar-refractivity contribution in [2.45, 2.75) is 0 Å². The lowest BCUT2D eigenvalue weighted by molar-refractivity contribution is 0.966. The molecule has 8 nitrogen and oxygen atoms in total. The zero-order valence-corrected chi connectivity index (χ0v) is 11.8. The summed E-state index contributed by atoms with van der Waals surface area (Å²) in [6, 6.07) is 1.27. The van der Waals surface area contributed by atoms with Gasteiger partial charge in [-0.2, -0.15) is 0 Å². The molecule has 2 aromatic heterocycles. The maximum Gasteiger partial charge on any atom is 0.261 e. The van der Waals surface area contributed by atoms with Gasteiger partial charge < -0.3 is 9.80 Å². The Morgan fingerprint density at radius 3 is 2.20 bits per heavy atom. The molecule has 0 saturated carbocycles. The number of H-pyrrole nitrogens is 2. The first kappa shape index (κ1) is 13.8. The molecule has 2 aromatic rings. The lowest BCUT2D eigenvalue weighted by atomic mass is 10.2. The van der Waals surface area contributed by atoms with E-state index < -0.39 is 0 Å². The number of hydrogen-bond donors (Lipinski definition) is 2. The zero-order chi connectivity index (χ0) is 14.9. The quantitative estimate of drug-likeness (QED) is 0.795. The molecular weight excluding hydrogens is 260 g/mol. The molecule has 2 N–H and O–H groups in total. The first-order valence-electron chi connectivity index (χ1n) is 5.94. The molecule has 106 valence electrons. The van der Waals surface area contributed by atoms with Crippen LogP contribution in [-0.4, -0.2) is 48.1 Å². The van der Waals surface area contributed by atoms with E-state index in [-0.39, 0.29) is 22.4 Å². The highest BCUT2D eigenvalue weighted by atomic mass is 16.1. The van der Waals surface area contributed by atoms with Crippen molar-refractivity contribution in [3.05, 3.63) is 33.0 Å². The SMILES string of the molecule is CN(C)c1nc(-c2cnc(N(C)C)[nH]c2=O)cc(=O)[nH]1. The van der Waals surface area contributed by atoms with Gasteiger partial charge in [-0.15, -0.1) is 0 Å². The van der Waals surface area contributed by atoms with Crippen LogP contribution in [0.25, 0.3) is 11.3 Å². The van der Waals surface area contributed by atoms with Crippen LogP contribution in [0.15, 0.2) is 21.9 Å². The Bertz CT molecular complexity index is 731. The van der Waals surface area contributed by atoms with Crippen molar-refractivity contribution in [2.75, 3.05) is 38.0 Å². The molecule has 0 radical (unpaired) electrons. The first-order chi connectivity index (χ1) is 9.38. The highest BCUT2D eigenvalue weighted by Crippen LogP contribution is 2.12. The number of aromatic amines is 2. The number of nitrogens with one attached hydrogen (secondary N) is 2. The van der Waals surface area contributed by atoms with Gasteiger partial charge in [-0.1, -0.05) is 0 Å². The Hall–Kier alpha value is -2.64. The third-order valence-corrected chi connectivity index (χ3v) is 2.64. The molecule has 0 aliphatic rings. The molecule has 0 atom stereocenters. The normalized spacial score (nSPS) is 10.4. The second-order valence-electron chi connectivity index (χ2n) is 4.69. The monoisotopic (exact) mass is 276 g/mol. The summed E-state index contributed by atoms with van der Waals surface area (Å²) >= 11 is 0. The first-order valence-corrected chi connectivity index (χ1v) is 5.94. The van der Waals surface area contributed by atoms with Gasteiger partial charge in [0, 0.05) is 40.5 Å². The van der Waals surface area contributed by atoms with Crippen molar-refractivity contribution in [2.24, 2.45) is 0 Å². The summed E-state index contributed by atoms with van der Waals surface area (Å²) < 4.78 is 0. The molecule has 2 heterocycles. The standard InChI is InChI=1S/C12H16N6O2/c1-17(2)11-13-6-7(10(20)16-11)8-5-9(19)15-12(14-8)18(3)4/h5-6H,1-4H3,(H,13,16,20)(H,14,15,19). The highest BCUT2D eigenvalue weighted by molar-refractivity contribution is 5.58. The molecule has 0 bridgehead atoms. The van der Waals surface area contributed by atoms with Crippen LogP contribution in [0.1, 0.15) is 0 Å². The molecule has 2 rings (SSSR count). The average molecular weight is 276 g/mol. The van der Waals surface area contributed by atoms with E-state index in [2.05, 4.69) is 19.9 Å². The van der Waals surface area contributed by atoms with Gasteiger partial charge in [-0.3, -0.25) is 19.6 Å². The summed E-state index contributed by atoms with van der Waals surface area (Å²) in [4.78, 5) is 40.6. The van der Waals surface area contributed by atoms with Crippen LogP contribution in [0.2, 0.25) is 0 Å². The molecule has 0 amide bonds. The van der Waals surface area contributed by atoms with E-state index >= 15 is 0 Å². The van der Waals surface area contributed by atoms with E-state index in [1.54, 1.807) is 38.0 Å². The second-order valence-corrected chi connectivity index (χ2v) is 4.69. The zero-order valence-electron chi connectivity index (χ0n) is 11.8. The summed E-state index contributed by atoms with van der Waals surface area (Å²) in [6.45, 7) is 0. The van der Waals surface area contributed by atoms with Crippen molar-refractivity contribution in [3.63, 3.8) is 0 Å². The Labute approximate surface area is 115 Å². The predicted molar refractivity (Wildman–Crippen MR) is 77.4 cm³/mol. The molecule has 0 unspecified atom stereocenters. The van der Waals surface area contributed by atoms with Crippen molar-refractivity contribution in [1.29, 1.82) is 0 Å². The number of aromatic nitrogens is 4. The molecule has 0 aromatic carbocycles. The van der Waals surface area contributed by atoms with Gasteiger partial charge >= 0.3 is 0 Å². The maximum absolute atomic E-state index is 12.0. The molecule has 0 saturated heterocycles. The van der Waals surface area contributed by atoms with Crippen LogP contribution in [0.3, 0.4) is 0 Å². The number of nitrogens with zero attached hydrogens (tertiary/aromatic N) is 4. The van der Waals surface area contributed by atoms with E-state index in [4.69, 9.17) is 0 Å². The maximum atomic E-state index is 12.0. The molecule has 8 heteroatoms. The minimum absolute atomic E-state index is 0.254. The third kappa shape index (κ3) is 2.68. The van der Waals surface area contributed by atoms with Crippen LogP contribution in [0, 0.1) is 0 Å². The topological polar surface area (TPSA) is 98.0 Å². The third-order valence-electron chi connectivity index (χ3n) is 2.64. The van der Waals surface area contributed by atoms with E-state index in [9.17, 15) is 9.59 Å². The molecule has 20 heavy (non-hydrogen) atoms. The van der Waals surface area contributed by atoms with E-state index in [1.807, 2.05) is 0 Å². The smallest absolute Gasteiger partial charge is 0.261 e. The second kappa shape index (κ2) is 5.16. The van der Waals surface area contributed by atoms with Crippen molar-refractivity contribution < 1.29 is 0 Å². The molecular formula is C12H16N6O2. The summed E-state index contributed by atoms with van der Waals surface area (Å²) in [5.74, 6) is 0.819. The van der Waals surface area contributed by atoms with Crippen molar-refractivity contribution in [3.8, 4) is 11.3 Å². The predicted octanol–water partition coefficient (Wildman–Crippen LogP) is -0.348. The van der Waals surface area contributed by atoms with Gasteiger partial charge in [0.25, 0.3) is 11.1 Å². The fourth-order valence-electron chi connectivity index (χ4n) is 1.59. The number of hydrogen-bond acceptors (Lipinski definition) is 6. The Morgan fingerprint density at radius 1 is 1.00 bits per heavy atom. The fourth-order valence-corrected chi connectivity index (χ4v) is 1.59. The van der Waals surface area contributed by atoms with Gasteiger partial charge in [-0.05, 0) is 0 Å². The summed E-state index contributed by atoms with van der Waals surface area (Å²) in [5, 5.41) is 0. The summed E-state index contributed by atoms with van der Waals surface area (Å²) in [5.41, 5.74) is -0.123. The van der Waals surface area contributed by atoms with Gasteiger partial charge in [-0.25, -0.2) is 9.97 Å². The Kier molecular flexibility index (Phi) is 3.55. The van der Waals surface area contributed by atoms with Crippen LogP contribution in [0.5, 0.6) is 0 Å². The highest BCUT2D eigenvalue weighted by Gasteiger charge is 2.11. The number of rotatable bonds is 3. The van der Waals surface area contributed by atoms with Crippen LogP contribution in [0.4, 0.5) is 11.9 Å². The van der Waals surface area contributed by atoms with Crippen molar-refractivity contribution in [1.82, 2.24) is 19.9 Å². The Balaban J connectivity index is 2.57. The molecule has 0 aliphatic carbocycles. The van der Waals surface area contributed by atoms with Crippen LogP contribution in [-0.2, 0) is 0 Å². The largest absolute Gasteiger partial charge is 0.348 e. The number of anilines is 2. The molecule has 0 spiro atoms. The van der Waals surface area contributed by atoms with E-state index in [1.165, 1.54) is 12.3 Å². The minimum atomic E-state index is -0.341. The average Bonchev–Trinajstić information content (AvgIpc) is 2.37. The van der Waals surface area contributed by atoms with E-state index in [0.29, 0.717) is 11.9 Å².